The second-order valence-corrected chi connectivity index (χ2v) is 8.75. The number of rotatable bonds is 12. The summed E-state index contributed by atoms with van der Waals surface area (Å²) in [5.74, 6) is 0.311. The Kier molecular flexibility index (Phi) is 8.35. The van der Waals surface area contributed by atoms with Gasteiger partial charge in [0, 0.05) is 23.3 Å². The lowest BCUT2D eigenvalue weighted by molar-refractivity contribution is 0.493. The number of fused-ring (bicyclic) bond motifs is 1. The highest BCUT2D eigenvalue weighted by Gasteiger charge is 2.09. The summed E-state index contributed by atoms with van der Waals surface area (Å²) < 4.78 is 27.8. The SMILES string of the molecule is CCCCCCCCCCNc1cc(C)nc2ccc(OS(C)(=O)=O)cc12. The number of aryl methyl sites for hydroxylation is 1. The first-order chi connectivity index (χ1) is 12.9. The highest BCUT2D eigenvalue weighted by Crippen LogP contribution is 2.28. The second kappa shape index (κ2) is 10.5. The number of aromatic nitrogens is 1. The predicted octanol–water partition coefficient (Wildman–Crippen LogP) is 5.43. The summed E-state index contributed by atoms with van der Waals surface area (Å²) in [6, 6.07) is 7.17. The van der Waals surface area contributed by atoms with Gasteiger partial charge in [0.15, 0.2) is 0 Å². The van der Waals surface area contributed by atoms with Crippen molar-refractivity contribution in [2.45, 2.75) is 65.2 Å². The average Bonchev–Trinajstić information content (AvgIpc) is 2.59. The molecule has 0 fully saturated rings. The molecule has 0 aliphatic carbocycles. The van der Waals surface area contributed by atoms with Gasteiger partial charge in [0.25, 0.3) is 0 Å². The summed E-state index contributed by atoms with van der Waals surface area (Å²) >= 11 is 0. The van der Waals surface area contributed by atoms with Crippen molar-refractivity contribution in [3.05, 3.63) is 30.0 Å². The Morgan fingerprint density at radius 1 is 1.00 bits per heavy atom. The first-order valence-corrected chi connectivity index (χ1v) is 11.8. The molecule has 2 rings (SSSR count). The Hall–Kier alpha value is -1.82. The zero-order valence-corrected chi connectivity index (χ0v) is 17.6. The van der Waals surface area contributed by atoms with Crippen molar-refractivity contribution in [1.29, 1.82) is 0 Å². The van der Waals surface area contributed by atoms with Crippen LogP contribution in [0, 0.1) is 6.92 Å². The van der Waals surface area contributed by atoms with E-state index < -0.39 is 10.1 Å². The minimum absolute atomic E-state index is 0.311. The lowest BCUT2D eigenvalue weighted by atomic mass is 10.1. The number of nitrogens with one attached hydrogen (secondary N) is 1. The Labute approximate surface area is 163 Å². The average molecular weight is 393 g/mol. The molecule has 27 heavy (non-hydrogen) atoms. The molecule has 1 aromatic heterocycles. The van der Waals surface area contributed by atoms with E-state index in [-0.39, 0.29) is 0 Å². The maximum atomic E-state index is 11.4. The summed E-state index contributed by atoms with van der Waals surface area (Å²) in [6.45, 7) is 5.10. The monoisotopic (exact) mass is 392 g/mol. The lowest BCUT2D eigenvalue weighted by Crippen LogP contribution is -2.06. The highest BCUT2D eigenvalue weighted by molar-refractivity contribution is 7.86. The van der Waals surface area contributed by atoms with E-state index in [0.29, 0.717) is 5.75 Å². The fraction of sp³-hybridized carbons (Fsp3) is 0.571. The third kappa shape index (κ3) is 7.75. The number of hydrogen-bond acceptors (Lipinski definition) is 5. The molecule has 150 valence electrons. The smallest absolute Gasteiger partial charge is 0.306 e. The molecule has 6 heteroatoms. The Bertz CT molecular complexity index is 835. The number of unbranched alkanes of at least 4 members (excludes halogenated alkanes) is 7. The van der Waals surface area contributed by atoms with Crippen molar-refractivity contribution < 1.29 is 12.6 Å². The molecule has 0 aliphatic heterocycles. The lowest BCUT2D eigenvalue weighted by Gasteiger charge is -2.12. The van der Waals surface area contributed by atoms with Crippen molar-refractivity contribution >= 4 is 26.7 Å². The maximum absolute atomic E-state index is 11.4. The summed E-state index contributed by atoms with van der Waals surface area (Å²) in [5.41, 5.74) is 2.73. The van der Waals surface area contributed by atoms with Gasteiger partial charge in [-0.25, -0.2) is 0 Å². The quantitative estimate of drug-likeness (QED) is 0.385. The zero-order valence-electron chi connectivity index (χ0n) is 16.8. The van der Waals surface area contributed by atoms with Crippen LogP contribution in [0.5, 0.6) is 5.75 Å². The van der Waals surface area contributed by atoms with Crippen molar-refractivity contribution in [2.24, 2.45) is 0 Å². The molecule has 2 aromatic rings. The zero-order chi connectivity index (χ0) is 19.7. The minimum Gasteiger partial charge on any atom is -0.384 e. The van der Waals surface area contributed by atoms with Crippen LogP contribution in [0.4, 0.5) is 5.69 Å². The van der Waals surface area contributed by atoms with Crippen molar-refractivity contribution in [3.63, 3.8) is 0 Å². The molecule has 0 radical (unpaired) electrons. The van der Waals surface area contributed by atoms with Gasteiger partial charge in [-0.15, -0.1) is 0 Å². The second-order valence-electron chi connectivity index (χ2n) is 7.18. The molecule has 1 heterocycles. The van der Waals surface area contributed by atoms with E-state index in [4.69, 9.17) is 4.18 Å². The Morgan fingerprint density at radius 2 is 1.67 bits per heavy atom. The van der Waals surface area contributed by atoms with Gasteiger partial charge in [-0.1, -0.05) is 51.9 Å². The molecule has 1 N–H and O–H groups in total. The molecule has 0 saturated heterocycles. The van der Waals surface area contributed by atoms with E-state index in [0.717, 1.165) is 41.5 Å². The number of pyridine rings is 1. The van der Waals surface area contributed by atoms with Gasteiger partial charge in [0.2, 0.25) is 0 Å². The summed E-state index contributed by atoms with van der Waals surface area (Å²) in [7, 11) is -3.54. The van der Waals surface area contributed by atoms with Crippen molar-refractivity contribution in [2.75, 3.05) is 18.1 Å². The molecule has 0 saturated carbocycles. The largest absolute Gasteiger partial charge is 0.384 e. The third-order valence-electron chi connectivity index (χ3n) is 4.50. The molecule has 0 aliphatic rings. The number of anilines is 1. The number of benzene rings is 1. The van der Waals surface area contributed by atoms with E-state index in [1.807, 2.05) is 13.0 Å². The third-order valence-corrected chi connectivity index (χ3v) is 5.00. The van der Waals surface area contributed by atoms with Crippen LogP contribution in [0.3, 0.4) is 0 Å². The molecular weight excluding hydrogens is 360 g/mol. The minimum atomic E-state index is -3.54. The maximum Gasteiger partial charge on any atom is 0.306 e. The molecule has 1 aromatic carbocycles. The standard InChI is InChI=1S/C21H32N2O3S/c1-4-5-6-7-8-9-10-11-14-22-21-15-17(2)23-20-13-12-18(16-19(20)21)26-27(3,24)25/h12-13,15-16H,4-11,14H2,1-3H3,(H,22,23). The van der Waals surface area contributed by atoms with Crippen LogP contribution in [0.1, 0.15) is 64.0 Å². The molecule has 0 bridgehead atoms. The van der Waals surface area contributed by atoms with E-state index in [9.17, 15) is 8.42 Å². The van der Waals surface area contributed by atoms with E-state index in [1.165, 1.54) is 44.9 Å². The van der Waals surface area contributed by atoms with Crippen LogP contribution >= 0.6 is 0 Å². The summed E-state index contributed by atoms with van der Waals surface area (Å²) in [4.78, 5) is 4.52. The fourth-order valence-corrected chi connectivity index (χ4v) is 3.65. The van der Waals surface area contributed by atoms with Gasteiger partial charge in [-0.2, -0.15) is 8.42 Å². The van der Waals surface area contributed by atoms with Crippen molar-refractivity contribution in [3.8, 4) is 5.75 Å². The molecule has 0 unspecified atom stereocenters. The van der Waals surface area contributed by atoms with Crippen LogP contribution in [-0.2, 0) is 10.1 Å². The van der Waals surface area contributed by atoms with E-state index >= 15 is 0 Å². The van der Waals surface area contributed by atoms with Gasteiger partial charge < -0.3 is 9.50 Å². The number of hydrogen-bond donors (Lipinski definition) is 1. The highest BCUT2D eigenvalue weighted by atomic mass is 32.2. The van der Waals surface area contributed by atoms with Crippen LogP contribution in [0.25, 0.3) is 10.9 Å². The van der Waals surface area contributed by atoms with Crippen LogP contribution in [0.15, 0.2) is 24.3 Å². The topological polar surface area (TPSA) is 68.3 Å². The Balaban J connectivity index is 1.93. The van der Waals surface area contributed by atoms with Gasteiger partial charge in [-0.05, 0) is 37.6 Å². The van der Waals surface area contributed by atoms with Gasteiger partial charge in [0.05, 0.1) is 11.8 Å². The molecule has 0 spiro atoms. The normalized spacial score (nSPS) is 11.7. The molecule has 0 amide bonds. The van der Waals surface area contributed by atoms with E-state index in [2.05, 4.69) is 17.2 Å². The predicted molar refractivity (Wildman–Crippen MR) is 113 cm³/mol. The summed E-state index contributed by atoms with van der Waals surface area (Å²) in [6.07, 6.45) is 11.3. The van der Waals surface area contributed by atoms with Crippen molar-refractivity contribution in [1.82, 2.24) is 4.98 Å². The Morgan fingerprint density at radius 3 is 2.33 bits per heavy atom. The first kappa shape index (κ1) is 21.5. The van der Waals surface area contributed by atoms with Gasteiger partial charge in [0.1, 0.15) is 5.75 Å². The van der Waals surface area contributed by atoms with E-state index in [1.54, 1.807) is 18.2 Å². The van der Waals surface area contributed by atoms with Gasteiger partial charge >= 0.3 is 10.1 Å². The molecular formula is C21H32N2O3S. The number of nitrogens with zero attached hydrogens (tertiary/aromatic N) is 1. The fourth-order valence-electron chi connectivity index (χ4n) is 3.19. The van der Waals surface area contributed by atoms with Crippen LogP contribution in [-0.4, -0.2) is 26.2 Å². The first-order valence-electron chi connectivity index (χ1n) is 9.94. The van der Waals surface area contributed by atoms with Crippen LogP contribution < -0.4 is 9.50 Å². The summed E-state index contributed by atoms with van der Waals surface area (Å²) in [5, 5.41) is 4.36. The van der Waals surface area contributed by atoms with Crippen LogP contribution in [0.2, 0.25) is 0 Å². The molecule has 5 nitrogen and oxygen atoms in total. The molecule has 0 atom stereocenters. The van der Waals surface area contributed by atoms with Gasteiger partial charge in [-0.3, -0.25) is 4.98 Å².